The van der Waals surface area contributed by atoms with Crippen molar-refractivity contribution in [2.45, 2.75) is 72.3 Å². The van der Waals surface area contributed by atoms with Gasteiger partial charge in [0.2, 0.25) is 5.91 Å². The number of ether oxygens (including phenoxy) is 1. The normalized spacial score (nSPS) is 24.2. The molecule has 3 atom stereocenters. The third-order valence-corrected chi connectivity index (χ3v) is 6.91. The fourth-order valence-corrected chi connectivity index (χ4v) is 5.27. The van der Waals surface area contributed by atoms with E-state index in [0.717, 1.165) is 62.5 Å². The highest BCUT2D eigenvalue weighted by Crippen LogP contribution is 2.22. The van der Waals surface area contributed by atoms with Crippen LogP contribution in [0.5, 0.6) is 0 Å². The van der Waals surface area contributed by atoms with E-state index in [1.165, 1.54) is 11.1 Å². The van der Waals surface area contributed by atoms with Crippen molar-refractivity contribution in [3.63, 3.8) is 0 Å². The summed E-state index contributed by atoms with van der Waals surface area (Å²) in [6.45, 7) is 14.9. The van der Waals surface area contributed by atoms with Gasteiger partial charge < -0.3 is 9.64 Å². The molecule has 0 aliphatic carbocycles. The minimum atomic E-state index is 0.108. The van der Waals surface area contributed by atoms with Gasteiger partial charge in [-0.15, -0.1) is 0 Å². The molecule has 1 aromatic heterocycles. The lowest BCUT2D eigenvalue weighted by molar-refractivity contribution is -0.127. The molecule has 4 rings (SSSR count). The van der Waals surface area contributed by atoms with Crippen LogP contribution >= 0.6 is 0 Å². The molecule has 3 heterocycles. The van der Waals surface area contributed by atoms with Crippen molar-refractivity contribution in [3.05, 3.63) is 58.4 Å². The molecular formula is C27H38N4O2. The predicted octanol–water partition coefficient (Wildman–Crippen LogP) is 3.97. The first-order valence-electron chi connectivity index (χ1n) is 12.3. The summed E-state index contributed by atoms with van der Waals surface area (Å²) in [7, 11) is 0. The smallest absolute Gasteiger partial charge is 0.246 e. The average Bonchev–Trinajstić information content (AvgIpc) is 3.31. The Morgan fingerprint density at radius 3 is 2.52 bits per heavy atom. The predicted molar refractivity (Wildman–Crippen MR) is 132 cm³/mol. The van der Waals surface area contributed by atoms with Crippen molar-refractivity contribution in [2.75, 3.05) is 26.2 Å². The van der Waals surface area contributed by atoms with Gasteiger partial charge in [-0.05, 0) is 59.1 Å². The number of carbonyl (C=O) groups is 1. The van der Waals surface area contributed by atoms with Crippen molar-refractivity contribution < 1.29 is 9.53 Å². The summed E-state index contributed by atoms with van der Waals surface area (Å²) in [5, 5.41) is 4.73. The molecule has 0 bridgehead atoms. The van der Waals surface area contributed by atoms with Crippen LogP contribution in [0.1, 0.15) is 54.8 Å². The van der Waals surface area contributed by atoms with Crippen LogP contribution in [0.25, 0.3) is 6.08 Å². The van der Waals surface area contributed by atoms with E-state index in [1.54, 1.807) is 6.08 Å². The molecule has 2 aliphatic rings. The van der Waals surface area contributed by atoms with Crippen LogP contribution in [0.4, 0.5) is 0 Å². The Hall–Kier alpha value is -2.44. The first kappa shape index (κ1) is 23.7. The second-order valence-corrected chi connectivity index (χ2v) is 9.86. The second-order valence-electron chi connectivity index (χ2n) is 9.86. The van der Waals surface area contributed by atoms with Crippen molar-refractivity contribution >= 4 is 12.0 Å². The molecule has 33 heavy (non-hydrogen) atoms. The molecule has 2 aromatic rings. The zero-order chi connectivity index (χ0) is 23.5. The number of hydrogen-bond donors (Lipinski definition) is 0. The van der Waals surface area contributed by atoms with Gasteiger partial charge in [-0.3, -0.25) is 14.4 Å². The fraction of sp³-hybridized carbons (Fsp3) is 0.556. The summed E-state index contributed by atoms with van der Waals surface area (Å²) in [6, 6.07) is 8.84. The van der Waals surface area contributed by atoms with Crippen LogP contribution in [-0.4, -0.2) is 69.9 Å². The molecule has 0 spiro atoms. The van der Waals surface area contributed by atoms with Crippen LogP contribution in [0, 0.1) is 20.8 Å². The number of carbonyl (C=O) groups excluding carboxylic acids is 1. The molecule has 6 heteroatoms. The summed E-state index contributed by atoms with van der Waals surface area (Å²) in [5.41, 5.74) is 5.57. The van der Waals surface area contributed by atoms with E-state index in [1.807, 2.05) is 17.7 Å². The van der Waals surface area contributed by atoms with Crippen LogP contribution in [-0.2, 0) is 16.1 Å². The second kappa shape index (κ2) is 10.2. The number of benzene rings is 1. The number of hydrogen-bond acceptors (Lipinski definition) is 4. The van der Waals surface area contributed by atoms with E-state index >= 15 is 0 Å². The third-order valence-electron chi connectivity index (χ3n) is 6.91. The summed E-state index contributed by atoms with van der Waals surface area (Å²) >= 11 is 0. The highest BCUT2D eigenvalue weighted by Gasteiger charge is 2.31. The van der Waals surface area contributed by atoms with E-state index in [-0.39, 0.29) is 24.2 Å². The minimum absolute atomic E-state index is 0.108. The Labute approximate surface area is 198 Å². The minimum Gasteiger partial charge on any atom is -0.373 e. The highest BCUT2D eigenvalue weighted by atomic mass is 16.5. The molecular weight excluding hydrogens is 412 g/mol. The van der Waals surface area contributed by atoms with Gasteiger partial charge >= 0.3 is 0 Å². The van der Waals surface area contributed by atoms with Gasteiger partial charge in [-0.2, -0.15) is 5.10 Å². The number of likely N-dealkylation sites (tertiary alicyclic amines) is 1. The van der Waals surface area contributed by atoms with Gasteiger partial charge in [0.1, 0.15) is 0 Å². The van der Waals surface area contributed by atoms with Gasteiger partial charge in [-0.1, -0.05) is 29.8 Å². The highest BCUT2D eigenvalue weighted by molar-refractivity contribution is 5.92. The first-order chi connectivity index (χ1) is 15.8. The Morgan fingerprint density at radius 1 is 1.12 bits per heavy atom. The van der Waals surface area contributed by atoms with Crippen molar-refractivity contribution in [1.29, 1.82) is 0 Å². The molecule has 6 nitrogen and oxygen atoms in total. The molecule has 3 unspecified atom stereocenters. The van der Waals surface area contributed by atoms with E-state index in [9.17, 15) is 4.79 Å². The topological polar surface area (TPSA) is 50.6 Å². The monoisotopic (exact) mass is 450 g/mol. The maximum absolute atomic E-state index is 13.1. The Morgan fingerprint density at radius 2 is 1.82 bits per heavy atom. The maximum atomic E-state index is 13.1. The molecule has 0 N–H and O–H groups in total. The van der Waals surface area contributed by atoms with Gasteiger partial charge in [0, 0.05) is 49.6 Å². The lowest BCUT2D eigenvalue weighted by Crippen LogP contribution is -2.50. The molecule has 1 amide bonds. The van der Waals surface area contributed by atoms with E-state index in [4.69, 9.17) is 9.84 Å². The summed E-state index contributed by atoms with van der Waals surface area (Å²) < 4.78 is 7.90. The molecule has 0 radical (unpaired) electrons. The van der Waals surface area contributed by atoms with E-state index < -0.39 is 0 Å². The summed E-state index contributed by atoms with van der Waals surface area (Å²) in [4.78, 5) is 17.6. The van der Waals surface area contributed by atoms with E-state index in [2.05, 4.69) is 61.8 Å². The van der Waals surface area contributed by atoms with Crippen molar-refractivity contribution in [1.82, 2.24) is 19.6 Å². The molecule has 178 valence electrons. The van der Waals surface area contributed by atoms with Crippen LogP contribution < -0.4 is 0 Å². The lowest BCUT2D eigenvalue weighted by Gasteiger charge is -2.38. The third kappa shape index (κ3) is 5.74. The summed E-state index contributed by atoms with van der Waals surface area (Å²) in [6.07, 6.45) is 6.36. The number of aromatic nitrogens is 2. The average molecular weight is 451 g/mol. The molecule has 0 saturated carbocycles. The zero-order valence-corrected chi connectivity index (χ0v) is 20.8. The van der Waals surface area contributed by atoms with Crippen molar-refractivity contribution in [3.8, 4) is 0 Å². The van der Waals surface area contributed by atoms with Gasteiger partial charge in [-0.25, -0.2) is 0 Å². The quantitative estimate of drug-likeness (QED) is 0.625. The molecule has 2 saturated heterocycles. The van der Waals surface area contributed by atoms with E-state index in [0.29, 0.717) is 0 Å². The van der Waals surface area contributed by atoms with Crippen molar-refractivity contribution in [2.24, 2.45) is 0 Å². The van der Waals surface area contributed by atoms with Crippen LogP contribution in [0.15, 0.2) is 30.3 Å². The maximum Gasteiger partial charge on any atom is 0.246 e. The fourth-order valence-electron chi connectivity index (χ4n) is 5.27. The molecule has 2 aliphatic heterocycles. The number of morpholine rings is 1. The number of aryl methyl sites for hydroxylation is 2. The molecule has 1 aromatic carbocycles. The van der Waals surface area contributed by atoms with Crippen LogP contribution in [0.2, 0.25) is 0 Å². The number of nitrogens with zero attached hydrogens (tertiary/aromatic N) is 4. The SMILES string of the molecule is Cc1ccc(Cn2nc(C)c(/C=C/C(=O)N3CCCC3CN3CC(C)OC(C)C3)c2C)cc1. The standard InChI is InChI=1S/C27H38N4O2/c1-19-8-10-24(11-9-19)17-31-23(5)26(22(4)28-31)12-13-27(32)30-14-6-7-25(30)18-29-15-20(2)33-21(3)16-29/h8-13,20-21,25H,6-7,14-18H2,1-5H3/b13-12+. The Kier molecular flexibility index (Phi) is 7.35. The Balaban J connectivity index is 1.41. The van der Waals surface area contributed by atoms with Gasteiger partial charge in [0.15, 0.2) is 0 Å². The number of rotatable bonds is 6. The largest absolute Gasteiger partial charge is 0.373 e. The molecule has 2 fully saturated rings. The number of amides is 1. The first-order valence-corrected chi connectivity index (χ1v) is 12.3. The van der Waals surface area contributed by atoms with Crippen LogP contribution in [0.3, 0.4) is 0 Å². The van der Waals surface area contributed by atoms with Gasteiger partial charge in [0.25, 0.3) is 0 Å². The Bertz CT molecular complexity index is 984. The lowest BCUT2D eigenvalue weighted by atomic mass is 10.1. The summed E-state index contributed by atoms with van der Waals surface area (Å²) in [5.74, 6) is 0.108. The zero-order valence-electron chi connectivity index (χ0n) is 20.8. The van der Waals surface area contributed by atoms with Gasteiger partial charge in [0.05, 0.1) is 24.4 Å².